The number of hydrogen-bond acceptors (Lipinski definition) is 0. The molecule has 0 aliphatic carbocycles. The van der Waals surface area contributed by atoms with Gasteiger partial charge >= 0.3 is 0 Å². The molecule has 2 nitrogen and oxygen atoms in total. The van der Waals surface area contributed by atoms with E-state index in [2.05, 4.69) is 155 Å². The highest BCUT2D eigenvalue weighted by Crippen LogP contribution is 2.33. The molecule has 0 N–H and O–H groups in total. The van der Waals surface area contributed by atoms with Crippen molar-refractivity contribution < 1.29 is 0 Å². The third-order valence-corrected chi connectivity index (χ3v) is 8.17. The highest BCUT2D eigenvalue weighted by Gasteiger charge is 2.13. The van der Waals surface area contributed by atoms with Crippen molar-refractivity contribution in [3.05, 3.63) is 162 Å². The zero-order chi connectivity index (χ0) is 26.5. The Morgan fingerprint density at radius 2 is 0.925 bits per heavy atom. The molecule has 0 unspecified atom stereocenters. The molecule has 0 atom stereocenters. The minimum atomic E-state index is 0.853. The average Bonchev–Trinajstić information content (AvgIpc) is 3.51. The van der Waals surface area contributed by atoms with Gasteiger partial charge in [-0.3, -0.25) is 0 Å². The summed E-state index contributed by atoms with van der Waals surface area (Å²) >= 11 is 0. The summed E-state index contributed by atoms with van der Waals surface area (Å²) in [6.07, 6.45) is 0.905. The van der Waals surface area contributed by atoms with E-state index in [-0.39, 0.29) is 0 Å². The highest BCUT2D eigenvalue weighted by molar-refractivity contribution is 6.09. The molecule has 0 saturated carbocycles. The Morgan fingerprint density at radius 1 is 0.375 bits per heavy atom. The number of rotatable bonds is 5. The van der Waals surface area contributed by atoms with Crippen molar-refractivity contribution in [3.63, 3.8) is 0 Å². The number of fused-ring (bicyclic) bond motifs is 6. The minimum absolute atomic E-state index is 0.853. The van der Waals surface area contributed by atoms with Crippen molar-refractivity contribution >= 4 is 43.6 Å². The number of para-hydroxylation sites is 4. The van der Waals surface area contributed by atoms with E-state index in [0.717, 1.165) is 13.0 Å². The second-order valence-corrected chi connectivity index (χ2v) is 10.7. The van der Waals surface area contributed by atoms with E-state index in [1.165, 1.54) is 66.0 Å². The van der Waals surface area contributed by atoms with Crippen molar-refractivity contribution in [2.75, 3.05) is 0 Å². The highest BCUT2D eigenvalue weighted by atomic mass is 15.0. The van der Waals surface area contributed by atoms with E-state index in [4.69, 9.17) is 0 Å². The van der Waals surface area contributed by atoms with Gasteiger partial charge in [0.05, 0.1) is 11.0 Å². The Morgan fingerprint density at radius 3 is 1.65 bits per heavy atom. The standard InChI is InChI=1S/C38H28N2/c1-2-13-30(14-3-1)40-37-20-9-6-17-33(37)34-25-28(21-22-38(34)40)23-27-11-10-12-29(24-27)26-39-35-18-7-4-15-31(35)32-16-5-8-19-36(32)39/h1-22,24-25H,23,26H2. The van der Waals surface area contributed by atoms with Crippen LogP contribution >= 0.6 is 0 Å². The Bertz CT molecular complexity index is 2110. The van der Waals surface area contributed by atoms with Crippen LogP contribution in [0.2, 0.25) is 0 Å². The number of aromatic nitrogens is 2. The molecule has 0 aliphatic rings. The van der Waals surface area contributed by atoms with E-state index >= 15 is 0 Å². The molecule has 0 radical (unpaired) electrons. The van der Waals surface area contributed by atoms with Gasteiger partial charge in [0.25, 0.3) is 0 Å². The predicted octanol–water partition coefficient (Wildman–Crippen LogP) is 9.53. The normalized spacial score (nSPS) is 11.7. The molecule has 8 rings (SSSR count). The molecule has 40 heavy (non-hydrogen) atoms. The van der Waals surface area contributed by atoms with Crippen LogP contribution in [0.15, 0.2) is 146 Å². The maximum atomic E-state index is 2.45. The summed E-state index contributed by atoms with van der Waals surface area (Å²) in [5.74, 6) is 0. The minimum Gasteiger partial charge on any atom is -0.336 e. The lowest BCUT2D eigenvalue weighted by atomic mass is 10.0. The zero-order valence-corrected chi connectivity index (χ0v) is 22.2. The maximum Gasteiger partial charge on any atom is 0.0541 e. The van der Waals surface area contributed by atoms with Gasteiger partial charge in [0.15, 0.2) is 0 Å². The van der Waals surface area contributed by atoms with Crippen LogP contribution in [0.4, 0.5) is 0 Å². The van der Waals surface area contributed by atoms with Crippen molar-refractivity contribution in [1.29, 1.82) is 0 Å². The van der Waals surface area contributed by atoms with Crippen LogP contribution in [-0.4, -0.2) is 9.13 Å². The summed E-state index contributed by atoms with van der Waals surface area (Å²) in [7, 11) is 0. The third-order valence-electron chi connectivity index (χ3n) is 8.17. The molecule has 0 amide bonds. The van der Waals surface area contributed by atoms with Gasteiger partial charge in [-0.1, -0.05) is 103 Å². The monoisotopic (exact) mass is 512 g/mol. The van der Waals surface area contributed by atoms with Crippen LogP contribution in [0.1, 0.15) is 16.7 Å². The molecule has 190 valence electrons. The first-order chi connectivity index (χ1) is 19.8. The van der Waals surface area contributed by atoms with Crippen LogP contribution in [0.5, 0.6) is 0 Å². The molecule has 6 aromatic carbocycles. The Kier molecular flexibility index (Phi) is 5.31. The molecule has 0 fully saturated rings. The zero-order valence-electron chi connectivity index (χ0n) is 22.2. The first-order valence-corrected chi connectivity index (χ1v) is 13.9. The number of hydrogen-bond donors (Lipinski definition) is 0. The Labute approximate surface area is 233 Å². The molecular weight excluding hydrogens is 484 g/mol. The first kappa shape index (κ1) is 22.9. The molecule has 2 heteroatoms. The van der Waals surface area contributed by atoms with Crippen LogP contribution in [0.3, 0.4) is 0 Å². The quantitative estimate of drug-likeness (QED) is 0.217. The molecule has 0 aliphatic heterocycles. The lowest BCUT2D eigenvalue weighted by Gasteiger charge is -2.10. The van der Waals surface area contributed by atoms with Crippen molar-refractivity contribution in [3.8, 4) is 5.69 Å². The molecule has 2 aromatic heterocycles. The fraction of sp³-hybridized carbons (Fsp3) is 0.0526. The largest absolute Gasteiger partial charge is 0.336 e. The van der Waals surface area contributed by atoms with E-state index < -0.39 is 0 Å². The van der Waals surface area contributed by atoms with Gasteiger partial charge in [0.1, 0.15) is 0 Å². The Hall–Kier alpha value is -5.08. The fourth-order valence-corrected chi connectivity index (χ4v) is 6.42. The van der Waals surface area contributed by atoms with Crippen LogP contribution < -0.4 is 0 Å². The molecule has 0 saturated heterocycles. The SMILES string of the molecule is c1ccc(-n2c3ccccc3c3cc(Cc4cccc(Cn5c6ccccc6c6ccccc65)c4)ccc32)cc1. The van der Waals surface area contributed by atoms with Crippen molar-refractivity contribution in [1.82, 2.24) is 9.13 Å². The topological polar surface area (TPSA) is 9.86 Å². The first-order valence-electron chi connectivity index (χ1n) is 13.9. The van der Waals surface area contributed by atoms with Gasteiger partial charge in [-0.15, -0.1) is 0 Å². The molecule has 8 aromatic rings. The van der Waals surface area contributed by atoms with Gasteiger partial charge < -0.3 is 9.13 Å². The van der Waals surface area contributed by atoms with Crippen molar-refractivity contribution in [2.45, 2.75) is 13.0 Å². The second kappa shape index (κ2) is 9.29. The maximum absolute atomic E-state index is 2.45. The molecule has 0 bridgehead atoms. The summed E-state index contributed by atoms with van der Waals surface area (Å²) in [6.45, 7) is 0.853. The number of benzene rings is 6. The second-order valence-electron chi connectivity index (χ2n) is 10.7. The van der Waals surface area contributed by atoms with Crippen LogP contribution in [-0.2, 0) is 13.0 Å². The van der Waals surface area contributed by atoms with Crippen LogP contribution in [0, 0.1) is 0 Å². The average molecular weight is 513 g/mol. The Balaban J connectivity index is 1.17. The van der Waals surface area contributed by atoms with Crippen molar-refractivity contribution in [2.24, 2.45) is 0 Å². The van der Waals surface area contributed by atoms with Gasteiger partial charge in [-0.05, 0) is 65.6 Å². The van der Waals surface area contributed by atoms with Gasteiger partial charge in [-0.25, -0.2) is 0 Å². The van der Waals surface area contributed by atoms with E-state index in [1.807, 2.05) is 0 Å². The van der Waals surface area contributed by atoms with E-state index in [1.54, 1.807) is 0 Å². The van der Waals surface area contributed by atoms with Gasteiger partial charge in [-0.2, -0.15) is 0 Å². The van der Waals surface area contributed by atoms with E-state index in [0.29, 0.717) is 0 Å². The third kappa shape index (κ3) is 3.72. The molecule has 2 heterocycles. The van der Waals surface area contributed by atoms with E-state index in [9.17, 15) is 0 Å². The lowest BCUT2D eigenvalue weighted by molar-refractivity contribution is 0.866. The summed E-state index contributed by atoms with van der Waals surface area (Å²) < 4.78 is 4.83. The number of nitrogens with zero attached hydrogens (tertiary/aromatic N) is 2. The summed E-state index contributed by atoms with van der Waals surface area (Å²) in [5, 5.41) is 5.23. The fourth-order valence-electron chi connectivity index (χ4n) is 6.42. The lowest BCUT2D eigenvalue weighted by Crippen LogP contribution is -2.00. The summed E-state index contributed by atoms with van der Waals surface area (Å²) in [6, 6.07) is 52.9. The smallest absolute Gasteiger partial charge is 0.0541 e. The van der Waals surface area contributed by atoms with Crippen LogP contribution in [0.25, 0.3) is 49.3 Å². The predicted molar refractivity (Wildman–Crippen MR) is 169 cm³/mol. The van der Waals surface area contributed by atoms with Gasteiger partial charge in [0.2, 0.25) is 0 Å². The summed E-state index contributed by atoms with van der Waals surface area (Å²) in [4.78, 5) is 0. The molecule has 0 spiro atoms. The summed E-state index contributed by atoms with van der Waals surface area (Å²) in [5.41, 5.74) is 10.3. The molecular formula is C38H28N2. The van der Waals surface area contributed by atoms with Gasteiger partial charge in [0, 0.05) is 44.8 Å².